The highest BCUT2D eigenvalue weighted by Gasteiger charge is 2.20. The molecule has 2 rings (SSSR count). The zero-order valence-corrected chi connectivity index (χ0v) is 12.3. The van der Waals surface area contributed by atoms with Gasteiger partial charge in [-0.2, -0.15) is 0 Å². The van der Waals surface area contributed by atoms with Crippen LogP contribution in [0.4, 0.5) is 0 Å². The highest BCUT2D eigenvalue weighted by Crippen LogP contribution is 2.13. The summed E-state index contributed by atoms with van der Waals surface area (Å²) in [5.41, 5.74) is 1.68. The van der Waals surface area contributed by atoms with Crippen molar-refractivity contribution in [2.75, 3.05) is 14.2 Å². The molecule has 2 aromatic rings. The van der Waals surface area contributed by atoms with E-state index in [1.165, 1.54) is 7.11 Å². The molecule has 0 spiro atoms. The van der Waals surface area contributed by atoms with Gasteiger partial charge in [0.2, 0.25) is 0 Å². The summed E-state index contributed by atoms with van der Waals surface area (Å²) in [5.74, 6) is 0.155. The molecular weight excluding hydrogens is 276 g/mol. The Hall–Kier alpha value is -2.22. The first kappa shape index (κ1) is 15.2. The molecule has 114 valence electrons. The Labute approximate surface area is 122 Å². The maximum absolute atomic E-state index is 11.7. The summed E-state index contributed by atoms with van der Waals surface area (Å²) in [5, 5.41) is 11.9. The lowest BCUT2D eigenvalue weighted by atomic mass is 10.2. The van der Waals surface area contributed by atoms with E-state index in [2.05, 4.69) is 15.5 Å². The summed E-state index contributed by atoms with van der Waals surface area (Å²) < 4.78 is 16.5. The number of nitrogens with zero attached hydrogens (tertiary/aromatic N) is 4. The van der Waals surface area contributed by atoms with Crippen LogP contribution in [0.15, 0.2) is 10.6 Å². The van der Waals surface area contributed by atoms with E-state index in [0.717, 1.165) is 12.1 Å². The molecule has 0 saturated heterocycles. The lowest BCUT2D eigenvalue weighted by Crippen LogP contribution is -2.10. The second-order valence-electron chi connectivity index (χ2n) is 4.50. The van der Waals surface area contributed by atoms with Crippen LogP contribution < -0.4 is 0 Å². The zero-order valence-electron chi connectivity index (χ0n) is 12.3. The number of rotatable bonds is 7. The van der Waals surface area contributed by atoms with Crippen molar-refractivity contribution in [1.82, 2.24) is 20.2 Å². The molecule has 0 radical (unpaired) electrons. The monoisotopic (exact) mass is 294 g/mol. The van der Waals surface area contributed by atoms with Crippen LogP contribution >= 0.6 is 0 Å². The number of hydrogen-bond acceptors (Lipinski definition) is 7. The second-order valence-corrected chi connectivity index (χ2v) is 4.50. The van der Waals surface area contributed by atoms with Gasteiger partial charge in [-0.05, 0) is 6.42 Å². The summed E-state index contributed by atoms with van der Waals surface area (Å²) in [6, 6.07) is 1.79. The number of carbonyl (C=O) groups excluding carboxylic acids is 1. The third kappa shape index (κ3) is 3.46. The number of methoxy groups -OCH3 is 2. The van der Waals surface area contributed by atoms with E-state index in [1.54, 1.807) is 17.9 Å². The van der Waals surface area contributed by atoms with Crippen LogP contribution in [0.5, 0.6) is 0 Å². The molecule has 2 aromatic heterocycles. The van der Waals surface area contributed by atoms with Gasteiger partial charge in [0.25, 0.3) is 0 Å². The van der Waals surface area contributed by atoms with Crippen molar-refractivity contribution in [3.63, 3.8) is 0 Å². The van der Waals surface area contributed by atoms with E-state index in [0.29, 0.717) is 31.0 Å². The first-order chi connectivity index (χ1) is 10.2. The molecule has 0 atom stereocenters. The van der Waals surface area contributed by atoms with E-state index in [4.69, 9.17) is 14.0 Å². The Morgan fingerprint density at radius 2 is 2.24 bits per heavy atom. The predicted molar refractivity (Wildman–Crippen MR) is 71.7 cm³/mol. The van der Waals surface area contributed by atoms with E-state index in [1.807, 2.05) is 6.92 Å². The summed E-state index contributed by atoms with van der Waals surface area (Å²) in [6.45, 7) is 2.76. The highest BCUT2D eigenvalue weighted by molar-refractivity contribution is 5.88. The molecule has 2 heterocycles. The van der Waals surface area contributed by atoms with Crippen LogP contribution in [0.25, 0.3) is 0 Å². The molecule has 8 nitrogen and oxygen atoms in total. The maximum Gasteiger partial charge on any atom is 0.360 e. The fourth-order valence-corrected chi connectivity index (χ4v) is 1.99. The fraction of sp³-hybridized carbons (Fsp3) is 0.538. The molecule has 0 N–H and O–H groups in total. The molecular formula is C13H18N4O4. The first-order valence-corrected chi connectivity index (χ1v) is 6.63. The van der Waals surface area contributed by atoms with Crippen molar-refractivity contribution >= 4 is 5.97 Å². The SMILES string of the molecule is CCCc1c(C(=O)OC)nnn1Cc1cc(COC)on1. The van der Waals surface area contributed by atoms with Gasteiger partial charge in [-0.1, -0.05) is 23.7 Å². The topological polar surface area (TPSA) is 92.3 Å². The van der Waals surface area contributed by atoms with Crippen molar-refractivity contribution in [1.29, 1.82) is 0 Å². The summed E-state index contributed by atoms with van der Waals surface area (Å²) >= 11 is 0. The minimum Gasteiger partial charge on any atom is -0.464 e. The zero-order chi connectivity index (χ0) is 15.2. The van der Waals surface area contributed by atoms with Gasteiger partial charge < -0.3 is 14.0 Å². The van der Waals surface area contributed by atoms with Crippen molar-refractivity contribution in [3.8, 4) is 0 Å². The van der Waals surface area contributed by atoms with Crippen molar-refractivity contribution in [3.05, 3.63) is 28.9 Å². The normalized spacial score (nSPS) is 10.8. The van der Waals surface area contributed by atoms with Gasteiger partial charge in [-0.15, -0.1) is 5.10 Å². The average molecular weight is 294 g/mol. The Morgan fingerprint density at radius 1 is 1.43 bits per heavy atom. The minimum atomic E-state index is -0.482. The fourth-order valence-electron chi connectivity index (χ4n) is 1.99. The molecule has 0 aliphatic rings. The summed E-state index contributed by atoms with van der Waals surface area (Å²) in [7, 11) is 2.91. The Morgan fingerprint density at radius 3 is 2.90 bits per heavy atom. The van der Waals surface area contributed by atoms with Gasteiger partial charge in [0, 0.05) is 13.2 Å². The molecule has 0 aromatic carbocycles. The van der Waals surface area contributed by atoms with E-state index in [-0.39, 0.29) is 5.69 Å². The lowest BCUT2D eigenvalue weighted by molar-refractivity contribution is 0.0592. The van der Waals surface area contributed by atoms with Crippen LogP contribution in [0.3, 0.4) is 0 Å². The average Bonchev–Trinajstić information content (AvgIpc) is 3.08. The standard InChI is InChI=1S/C13H18N4O4/c1-4-5-11-12(13(18)20-3)14-16-17(11)7-9-6-10(8-19-2)21-15-9/h6H,4-5,7-8H2,1-3H3. The Bertz CT molecular complexity index is 605. The summed E-state index contributed by atoms with van der Waals surface area (Å²) in [4.78, 5) is 11.7. The maximum atomic E-state index is 11.7. The number of hydrogen-bond donors (Lipinski definition) is 0. The molecule has 0 amide bonds. The van der Waals surface area contributed by atoms with Crippen molar-refractivity contribution in [2.45, 2.75) is 32.9 Å². The molecule has 0 aliphatic carbocycles. The summed E-state index contributed by atoms with van der Waals surface area (Å²) in [6.07, 6.45) is 1.55. The van der Waals surface area contributed by atoms with E-state index < -0.39 is 5.97 Å². The molecule has 0 saturated carbocycles. The van der Waals surface area contributed by atoms with Crippen molar-refractivity contribution < 1.29 is 18.8 Å². The smallest absolute Gasteiger partial charge is 0.360 e. The van der Waals surface area contributed by atoms with E-state index >= 15 is 0 Å². The largest absolute Gasteiger partial charge is 0.464 e. The van der Waals surface area contributed by atoms with Crippen LogP contribution in [0.2, 0.25) is 0 Å². The molecule has 8 heteroatoms. The number of carbonyl (C=O) groups is 1. The number of aromatic nitrogens is 4. The minimum absolute atomic E-state index is 0.250. The number of ether oxygens (including phenoxy) is 2. The van der Waals surface area contributed by atoms with Gasteiger partial charge >= 0.3 is 5.97 Å². The van der Waals surface area contributed by atoms with Crippen LogP contribution in [-0.2, 0) is 29.0 Å². The van der Waals surface area contributed by atoms with Crippen molar-refractivity contribution in [2.24, 2.45) is 0 Å². The van der Waals surface area contributed by atoms with Gasteiger partial charge in [-0.25, -0.2) is 9.48 Å². The van der Waals surface area contributed by atoms with Crippen LogP contribution in [0, 0.1) is 0 Å². The van der Waals surface area contributed by atoms with E-state index in [9.17, 15) is 4.79 Å². The molecule has 21 heavy (non-hydrogen) atoms. The van der Waals surface area contributed by atoms with Crippen LogP contribution in [-0.4, -0.2) is 40.3 Å². The van der Waals surface area contributed by atoms with Gasteiger partial charge in [0.05, 0.1) is 19.3 Å². The third-order valence-electron chi connectivity index (χ3n) is 2.91. The molecule has 0 fully saturated rings. The Kier molecular flexibility index (Phi) is 5.04. The second kappa shape index (κ2) is 6.98. The predicted octanol–water partition coefficient (Wildman–Crippen LogP) is 1.20. The van der Waals surface area contributed by atoms with Gasteiger partial charge in [-0.3, -0.25) is 0 Å². The molecule has 0 unspecified atom stereocenters. The highest BCUT2D eigenvalue weighted by atomic mass is 16.5. The van der Waals surface area contributed by atoms with Gasteiger partial charge in [0.15, 0.2) is 11.5 Å². The molecule has 0 aliphatic heterocycles. The Balaban J connectivity index is 2.22. The molecule has 0 bridgehead atoms. The quantitative estimate of drug-likeness (QED) is 0.708. The first-order valence-electron chi connectivity index (χ1n) is 6.63. The van der Waals surface area contributed by atoms with Gasteiger partial charge in [0.1, 0.15) is 12.3 Å². The lowest BCUT2D eigenvalue weighted by Gasteiger charge is -2.04. The van der Waals surface area contributed by atoms with Crippen LogP contribution in [0.1, 0.15) is 41.0 Å². The third-order valence-corrected chi connectivity index (χ3v) is 2.91. The number of esters is 1.